The van der Waals surface area contributed by atoms with Gasteiger partial charge in [0, 0.05) is 32.2 Å². The van der Waals surface area contributed by atoms with Gasteiger partial charge >= 0.3 is 0 Å². The van der Waals surface area contributed by atoms with Gasteiger partial charge in [-0.25, -0.2) is 4.39 Å². The summed E-state index contributed by atoms with van der Waals surface area (Å²) in [6, 6.07) is 7.64. The Hall–Kier alpha value is -3.43. The molecule has 0 radical (unpaired) electrons. The molecule has 3 heterocycles. The number of halogens is 1. The molecule has 4 N–H and O–H groups in total. The molecule has 0 aliphatic carbocycles. The van der Waals surface area contributed by atoms with Gasteiger partial charge in [0.25, 0.3) is 5.56 Å². The van der Waals surface area contributed by atoms with Gasteiger partial charge in [0.2, 0.25) is 17.8 Å². The van der Waals surface area contributed by atoms with Crippen molar-refractivity contribution in [2.75, 3.05) is 43.4 Å². The zero-order valence-corrected chi connectivity index (χ0v) is 15.7. The molecule has 2 saturated heterocycles. The number of aromatic nitrogens is 2. The number of benzene rings is 1. The lowest BCUT2D eigenvalue weighted by Gasteiger charge is -2.51. The second-order valence-corrected chi connectivity index (χ2v) is 7.47. The van der Waals surface area contributed by atoms with Crippen molar-refractivity contribution in [3.05, 3.63) is 52.1 Å². The zero-order valence-electron chi connectivity index (χ0n) is 15.7. The molecule has 0 atom stereocenters. The van der Waals surface area contributed by atoms with Crippen molar-refractivity contribution < 1.29 is 14.0 Å². The highest BCUT2D eigenvalue weighted by atomic mass is 19.1. The zero-order chi connectivity index (χ0) is 20.6. The summed E-state index contributed by atoms with van der Waals surface area (Å²) < 4.78 is 14.3. The topological polar surface area (TPSA) is 124 Å². The van der Waals surface area contributed by atoms with Crippen LogP contribution in [0, 0.1) is 11.2 Å². The maximum Gasteiger partial charge on any atom is 0.254 e. The van der Waals surface area contributed by atoms with E-state index in [2.05, 4.69) is 15.3 Å². The van der Waals surface area contributed by atoms with Gasteiger partial charge in [-0.15, -0.1) is 0 Å². The predicted octanol–water partition coefficient (Wildman–Crippen LogP) is -0.501. The second-order valence-electron chi connectivity index (χ2n) is 7.47. The standard InChI is InChI=1S/C19H21FN6O3/c20-13-4-2-1-3-12(13)8-19(17(29)25-6-5-22-16(28)9-25)10-26(11-19)14-7-15(27)24-18(21)23-14/h1-4,7H,5-6,8-11H2,(H,22,28)(H3,21,23,24,27). The van der Waals surface area contributed by atoms with Crippen LogP contribution in [0.3, 0.4) is 0 Å². The third-order valence-corrected chi connectivity index (χ3v) is 5.32. The van der Waals surface area contributed by atoms with Crippen LogP contribution in [0.25, 0.3) is 0 Å². The van der Waals surface area contributed by atoms with Crippen LogP contribution in [0.5, 0.6) is 0 Å². The number of nitrogens with zero attached hydrogens (tertiary/aromatic N) is 3. The highest BCUT2D eigenvalue weighted by Gasteiger charge is 2.52. The van der Waals surface area contributed by atoms with E-state index in [0.29, 0.717) is 24.5 Å². The number of rotatable bonds is 4. The molecule has 2 aromatic rings. The molecule has 9 nitrogen and oxygen atoms in total. The van der Waals surface area contributed by atoms with E-state index in [4.69, 9.17) is 5.73 Å². The first-order valence-corrected chi connectivity index (χ1v) is 9.28. The van der Waals surface area contributed by atoms with E-state index < -0.39 is 11.0 Å². The Morgan fingerprint density at radius 1 is 1.28 bits per heavy atom. The van der Waals surface area contributed by atoms with E-state index in [1.807, 2.05) is 0 Å². The van der Waals surface area contributed by atoms with Crippen LogP contribution >= 0.6 is 0 Å². The van der Waals surface area contributed by atoms with Crippen molar-refractivity contribution in [1.82, 2.24) is 20.2 Å². The second kappa shape index (κ2) is 7.19. The third-order valence-electron chi connectivity index (χ3n) is 5.32. The fraction of sp³-hybridized carbons (Fsp3) is 0.368. The molecule has 152 valence electrons. The molecule has 1 aromatic heterocycles. The smallest absolute Gasteiger partial charge is 0.254 e. The van der Waals surface area contributed by atoms with E-state index >= 15 is 0 Å². The summed E-state index contributed by atoms with van der Waals surface area (Å²) >= 11 is 0. The minimum absolute atomic E-state index is 0.0156. The van der Waals surface area contributed by atoms with Crippen LogP contribution < -0.4 is 21.5 Å². The number of carbonyl (C=O) groups excluding carboxylic acids is 2. The Kier molecular flexibility index (Phi) is 4.69. The maximum atomic E-state index is 14.3. The van der Waals surface area contributed by atoms with Crippen LogP contribution in [0.2, 0.25) is 0 Å². The number of carbonyl (C=O) groups is 2. The van der Waals surface area contributed by atoms with E-state index in [-0.39, 0.29) is 49.6 Å². The first kappa shape index (κ1) is 18.9. The number of amides is 2. The quantitative estimate of drug-likeness (QED) is 0.636. The summed E-state index contributed by atoms with van der Waals surface area (Å²) in [7, 11) is 0. The van der Waals surface area contributed by atoms with Gasteiger partial charge in [-0.3, -0.25) is 19.4 Å². The van der Waals surface area contributed by atoms with E-state index in [1.54, 1.807) is 23.1 Å². The Morgan fingerprint density at radius 3 is 2.72 bits per heavy atom. The number of anilines is 2. The van der Waals surface area contributed by atoms with Crippen molar-refractivity contribution in [2.24, 2.45) is 5.41 Å². The molecular formula is C19H21FN6O3. The maximum absolute atomic E-state index is 14.3. The number of piperazine rings is 1. The number of nitrogen functional groups attached to an aromatic ring is 1. The average Bonchev–Trinajstić information content (AvgIpc) is 2.64. The van der Waals surface area contributed by atoms with Gasteiger partial charge in [0.05, 0.1) is 12.0 Å². The lowest BCUT2D eigenvalue weighted by Crippen LogP contribution is -2.67. The first-order valence-electron chi connectivity index (χ1n) is 9.28. The highest BCUT2D eigenvalue weighted by Crippen LogP contribution is 2.39. The minimum Gasteiger partial charge on any atom is -0.369 e. The summed E-state index contributed by atoms with van der Waals surface area (Å²) in [5, 5.41) is 2.69. The lowest BCUT2D eigenvalue weighted by atomic mass is 9.73. The van der Waals surface area contributed by atoms with Gasteiger partial charge in [-0.1, -0.05) is 18.2 Å². The number of H-pyrrole nitrogens is 1. The van der Waals surface area contributed by atoms with Gasteiger partial charge in [0.15, 0.2) is 0 Å². The summed E-state index contributed by atoms with van der Waals surface area (Å²) in [4.78, 5) is 46.6. The number of nitrogens with two attached hydrogens (primary N) is 1. The normalized spacial score (nSPS) is 18.2. The van der Waals surface area contributed by atoms with Crippen LogP contribution in [-0.4, -0.2) is 59.4 Å². The Labute approximate surface area is 165 Å². The van der Waals surface area contributed by atoms with Crippen molar-refractivity contribution in [2.45, 2.75) is 6.42 Å². The fourth-order valence-corrected chi connectivity index (χ4v) is 3.95. The number of hydrogen-bond donors (Lipinski definition) is 3. The number of aromatic amines is 1. The van der Waals surface area contributed by atoms with Crippen LogP contribution in [0.4, 0.5) is 16.2 Å². The average molecular weight is 400 g/mol. The van der Waals surface area contributed by atoms with Crippen LogP contribution in [0.15, 0.2) is 35.1 Å². The monoisotopic (exact) mass is 400 g/mol. The fourth-order valence-electron chi connectivity index (χ4n) is 3.95. The van der Waals surface area contributed by atoms with Gasteiger partial charge in [-0.05, 0) is 18.1 Å². The molecule has 2 fully saturated rings. The van der Waals surface area contributed by atoms with Crippen molar-refractivity contribution >= 4 is 23.6 Å². The summed E-state index contributed by atoms with van der Waals surface area (Å²) in [6.07, 6.45) is 0.186. The molecule has 0 saturated carbocycles. The Balaban J connectivity index is 1.62. The van der Waals surface area contributed by atoms with Crippen molar-refractivity contribution in [1.29, 1.82) is 0 Å². The van der Waals surface area contributed by atoms with E-state index in [0.717, 1.165) is 0 Å². The molecule has 2 amide bonds. The van der Waals surface area contributed by atoms with Gasteiger partial charge in [0.1, 0.15) is 11.6 Å². The molecule has 2 aliphatic heterocycles. The molecule has 4 rings (SSSR count). The molecule has 29 heavy (non-hydrogen) atoms. The highest BCUT2D eigenvalue weighted by molar-refractivity contribution is 5.91. The summed E-state index contributed by atoms with van der Waals surface area (Å²) in [5.41, 5.74) is 4.74. The largest absolute Gasteiger partial charge is 0.369 e. The molecule has 10 heteroatoms. The predicted molar refractivity (Wildman–Crippen MR) is 104 cm³/mol. The molecule has 1 aromatic carbocycles. The van der Waals surface area contributed by atoms with Crippen molar-refractivity contribution in [3.8, 4) is 0 Å². The van der Waals surface area contributed by atoms with Crippen LogP contribution in [-0.2, 0) is 16.0 Å². The Morgan fingerprint density at radius 2 is 2.03 bits per heavy atom. The summed E-state index contributed by atoms with van der Waals surface area (Å²) in [6.45, 7) is 1.26. The summed E-state index contributed by atoms with van der Waals surface area (Å²) in [5.74, 6) is -0.457. The third kappa shape index (κ3) is 3.65. The molecule has 0 unspecified atom stereocenters. The molecular weight excluding hydrogens is 379 g/mol. The number of hydrogen-bond acceptors (Lipinski definition) is 6. The molecule has 0 spiro atoms. The molecule has 2 aliphatic rings. The van der Waals surface area contributed by atoms with E-state index in [9.17, 15) is 18.8 Å². The minimum atomic E-state index is -0.918. The van der Waals surface area contributed by atoms with Gasteiger partial charge in [-0.2, -0.15) is 4.98 Å². The lowest BCUT2D eigenvalue weighted by molar-refractivity contribution is -0.148. The molecule has 0 bridgehead atoms. The van der Waals surface area contributed by atoms with E-state index in [1.165, 1.54) is 17.0 Å². The van der Waals surface area contributed by atoms with Gasteiger partial charge < -0.3 is 20.9 Å². The first-order chi connectivity index (χ1) is 13.9. The SMILES string of the molecule is Nc1nc(N2CC(Cc3ccccc3F)(C(=O)N3CCNC(=O)C3)C2)cc(=O)[nH]1. The Bertz CT molecular complexity index is 1020. The van der Waals surface area contributed by atoms with Crippen LogP contribution in [0.1, 0.15) is 5.56 Å². The number of nitrogens with one attached hydrogen (secondary N) is 2. The van der Waals surface area contributed by atoms with Crippen molar-refractivity contribution in [3.63, 3.8) is 0 Å².